The lowest BCUT2D eigenvalue weighted by Gasteiger charge is -2.17. The third kappa shape index (κ3) is 4.04. The molecule has 0 atom stereocenters. The average molecular weight is 401 g/mol. The van der Waals surface area contributed by atoms with Crippen molar-refractivity contribution in [3.05, 3.63) is 57.8 Å². The normalized spacial score (nSPS) is 14.8. The molecule has 3 aromatic rings. The summed E-state index contributed by atoms with van der Waals surface area (Å²) in [5.74, 6) is -0.757. The Balaban J connectivity index is 1.59. The molecule has 28 heavy (non-hydrogen) atoms. The third-order valence-electron chi connectivity index (χ3n) is 4.72. The fraction of sp³-hybridized carbons (Fsp3) is 0.368. The summed E-state index contributed by atoms with van der Waals surface area (Å²) in [5.41, 5.74) is 0.434. The second kappa shape index (κ2) is 8.05. The molecule has 3 heterocycles. The maximum atomic E-state index is 13.0. The van der Waals surface area contributed by atoms with Crippen molar-refractivity contribution in [1.82, 2.24) is 19.9 Å². The van der Waals surface area contributed by atoms with Gasteiger partial charge in [0.15, 0.2) is 0 Å². The van der Waals surface area contributed by atoms with Crippen LogP contribution in [0.3, 0.4) is 0 Å². The van der Waals surface area contributed by atoms with Crippen LogP contribution in [0.15, 0.2) is 35.1 Å². The highest BCUT2D eigenvalue weighted by atomic mass is 32.1. The number of fused-ring (bicyclic) bond motifs is 1. The van der Waals surface area contributed by atoms with E-state index in [-0.39, 0.29) is 18.1 Å². The van der Waals surface area contributed by atoms with Gasteiger partial charge in [0.2, 0.25) is 10.1 Å². The number of anilines is 1. The Hall–Kier alpha value is -2.81. The number of nitrogens with zero attached hydrogens (tertiary/aromatic N) is 4. The molecule has 0 saturated carbocycles. The Bertz CT molecular complexity index is 1040. The molecule has 1 aliphatic heterocycles. The SMILES string of the molecule is O=C(NCc1ccc(F)cc1)c1cc(=O)nc2sc(N3CCCCCC3)nn12. The predicted octanol–water partition coefficient (Wildman–Crippen LogP) is 2.60. The lowest BCUT2D eigenvalue weighted by atomic mass is 10.2. The molecule has 9 heteroatoms. The van der Waals surface area contributed by atoms with Crippen LogP contribution in [0, 0.1) is 5.82 Å². The number of benzene rings is 1. The topological polar surface area (TPSA) is 79.6 Å². The van der Waals surface area contributed by atoms with Gasteiger partial charge in [-0.3, -0.25) is 9.59 Å². The van der Waals surface area contributed by atoms with Gasteiger partial charge in [0.05, 0.1) is 0 Å². The van der Waals surface area contributed by atoms with Gasteiger partial charge in [-0.25, -0.2) is 4.39 Å². The molecule has 1 aromatic carbocycles. The van der Waals surface area contributed by atoms with E-state index < -0.39 is 11.5 Å². The number of nitrogens with one attached hydrogen (secondary N) is 1. The van der Waals surface area contributed by atoms with Crippen molar-refractivity contribution in [1.29, 1.82) is 0 Å². The first-order valence-corrected chi connectivity index (χ1v) is 10.1. The van der Waals surface area contributed by atoms with E-state index in [1.165, 1.54) is 46.9 Å². The Kier molecular flexibility index (Phi) is 5.34. The molecule has 1 aliphatic rings. The molecule has 4 rings (SSSR count). The molecule has 1 N–H and O–H groups in total. The fourth-order valence-electron chi connectivity index (χ4n) is 3.23. The van der Waals surface area contributed by atoms with Crippen LogP contribution in [-0.2, 0) is 6.54 Å². The van der Waals surface area contributed by atoms with Gasteiger partial charge in [-0.15, -0.1) is 5.10 Å². The van der Waals surface area contributed by atoms with E-state index in [1.54, 1.807) is 12.1 Å². The fourth-order valence-corrected chi connectivity index (χ4v) is 4.19. The molecule has 2 aromatic heterocycles. The van der Waals surface area contributed by atoms with Gasteiger partial charge in [0, 0.05) is 25.7 Å². The third-order valence-corrected chi connectivity index (χ3v) is 5.69. The predicted molar refractivity (Wildman–Crippen MR) is 105 cm³/mol. The molecule has 0 unspecified atom stereocenters. The summed E-state index contributed by atoms with van der Waals surface area (Å²) in [6.07, 6.45) is 4.61. The van der Waals surface area contributed by atoms with Gasteiger partial charge in [0.25, 0.3) is 11.5 Å². The molecular weight excluding hydrogens is 381 g/mol. The van der Waals surface area contributed by atoms with Crippen LogP contribution < -0.4 is 15.8 Å². The van der Waals surface area contributed by atoms with Crippen molar-refractivity contribution in [3.8, 4) is 0 Å². The van der Waals surface area contributed by atoms with E-state index in [0.717, 1.165) is 36.6 Å². The number of carbonyl (C=O) groups is 1. The number of halogens is 1. The molecule has 0 radical (unpaired) electrons. The van der Waals surface area contributed by atoms with E-state index in [1.807, 2.05) is 0 Å². The highest BCUT2D eigenvalue weighted by Gasteiger charge is 2.19. The van der Waals surface area contributed by atoms with Gasteiger partial charge in [-0.2, -0.15) is 9.50 Å². The van der Waals surface area contributed by atoms with Crippen molar-refractivity contribution in [2.45, 2.75) is 32.2 Å². The minimum atomic E-state index is -0.474. The minimum absolute atomic E-state index is 0.148. The number of carbonyl (C=O) groups excluding carboxylic acids is 1. The summed E-state index contributed by atoms with van der Waals surface area (Å²) in [4.78, 5) is 31.2. The largest absolute Gasteiger partial charge is 0.347 e. The first-order chi connectivity index (χ1) is 13.6. The molecular formula is C19H20FN5O2S. The summed E-state index contributed by atoms with van der Waals surface area (Å²) < 4.78 is 14.4. The number of aromatic nitrogens is 3. The summed E-state index contributed by atoms with van der Waals surface area (Å²) >= 11 is 1.32. The van der Waals surface area contributed by atoms with Crippen molar-refractivity contribution in [2.75, 3.05) is 18.0 Å². The number of rotatable bonds is 4. The lowest BCUT2D eigenvalue weighted by Crippen LogP contribution is -2.28. The van der Waals surface area contributed by atoms with E-state index in [2.05, 4.69) is 20.3 Å². The highest BCUT2D eigenvalue weighted by Crippen LogP contribution is 2.25. The number of hydrogen-bond donors (Lipinski definition) is 1. The Morgan fingerprint density at radius 1 is 1.14 bits per heavy atom. The van der Waals surface area contributed by atoms with Crippen molar-refractivity contribution < 1.29 is 9.18 Å². The Morgan fingerprint density at radius 2 is 1.86 bits per heavy atom. The van der Waals surface area contributed by atoms with Gasteiger partial charge < -0.3 is 10.2 Å². The van der Waals surface area contributed by atoms with E-state index in [9.17, 15) is 14.0 Å². The molecule has 7 nitrogen and oxygen atoms in total. The van der Waals surface area contributed by atoms with Crippen LogP contribution in [0.2, 0.25) is 0 Å². The zero-order valence-corrected chi connectivity index (χ0v) is 16.0. The molecule has 1 fully saturated rings. The lowest BCUT2D eigenvalue weighted by molar-refractivity contribution is 0.0943. The van der Waals surface area contributed by atoms with Crippen LogP contribution in [-0.4, -0.2) is 33.6 Å². The maximum Gasteiger partial charge on any atom is 0.274 e. The van der Waals surface area contributed by atoms with Crippen molar-refractivity contribution in [2.24, 2.45) is 0 Å². The van der Waals surface area contributed by atoms with Gasteiger partial charge in [-0.1, -0.05) is 36.3 Å². The zero-order valence-electron chi connectivity index (χ0n) is 15.2. The molecule has 0 spiro atoms. The summed E-state index contributed by atoms with van der Waals surface area (Å²) in [7, 11) is 0. The Labute approximate surface area is 164 Å². The van der Waals surface area contributed by atoms with E-state index in [4.69, 9.17) is 0 Å². The second-order valence-electron chi connectivity index (χ2n) is 6.77. The number of amides is 1. The molecule has 1 amide bonds. The second-order valence-corrected chi connectivity index (χ2v) is 7.70. The van der Waals surface area contributed by atoms with Gasteiger partial charge in [0.1, 0.15) is 11.5 Å². The monoisotopic (exact) mass is 401 g/mol. The summed E-state index contributed by atoms with van der Waals surface area (Å²) in [5, 5.41) is 8.08. The van der Waals surface area contributed by atoms with Crippen LogP contribution in [0.25, 0.3) is 4.96 Å². The summed E-state index contributed by atoms with van der Waals surface area (Å²) in [6, 6.07) is 7.07. The standard InChI is InChI=1S/C19H20FN5O2S/c20-14-7-5-13(6-8-14)12-21-17(27)15-11-16(26)22-18-25(15)23-19(28-18)24-9-3-1-2-4-10-24/h5-8,11H,1-4,9-10,12H2,(H,21,27). The van der Waals surface area contributed by atoms with Gasteiger partial charge >= 0.3 is 0 Å². The number of hydrogen-bond acceptors (Lipinski definition) is 6. The molecule has 0 bridgehead atoms. The zero-order chi connectivity index (χ0) is 19.5. The van der Waals surface area contributed by atoms with Crippen molar-refractivity contribution >= 4 is 27.3 Å². The van der Waals surface area contributed by atoms with Crippen molar-refractivity contribution in [3.63, 3.8) is 0 Å². The smallest absolute Gasteiger partial charge is 0.274 e. The summed E-state index contributed by atoms with van der Waals surface area (Å²) in [6.45, 7) is 2.05. The van der Waals surface area contributed by atoms with E-state index in [0.29, 0.717) is 4.96 Å². The molecule has 146 valence electrons. The quantitative estimate of drug-likeness (QED) is 0.727. The first kappa shape index (κ1) is 18.5. The molecule has 0 aliphatic carbocycles. The van der Waals surface area contributed by atoms with Crippen LogP contribution in [0.1, 0.15) is 41.7 Å². The molecule has 1 saturated heterocycles. The first-order valence-electron chi connectivity index (χ1n) is 9.29. The Morgan fingerprint density at radius 3 is 2.57 bits per heavy atom. The van der Waals surface area contributed by atoms with Crippen LogP contribution in [0.5, 0.6) is 0 Å². The minimum Gasteiger partial charge on any atom is -0.347 e. The highest BCUT2D eigenvalue weighted by molar-refractivity contribution is 7.20. The average Bonchev–Trinajstić information content (AvgIpc) is 2.92. The van der Waals surface area contributed by atoms with Gasteiger partial charge in [-0.05, 0) is 30.5 Å². The maximum absolute atomic E-state index is 13.0. The van der Waals surface area contributed by atoms with Crippen LogP contribution >= 0.6 is 11.3 Å². The van der Waals surface area contributed by atoms with Crippen LogP contribution in [0.4, 0.5) is 9.52 Å². The van der Waals surface area contributed by atoms with E-state index >= 15 is 0 Å².